The summed E-state index contributed by atoms with van der Waals surface area (Å²) < 4.78 is 51.0. The van der Waals surface area contributed by atoms with Crippen LogP contribution in [-0.2, 0) is 72.4 Å². The van der Waals surface area contributed by atoms with Crippen LogP contribution in [0.5, 0.6) is 17.2 Å². The van der Waals surface area contributed by atoms with Gasteiger partial charge in [-0.3, -0.25) is 28.2 Å². The van der Waals surface area contributed by atoms with Crippen LogP contribution in [0.2, 0.25) is 0 Å². The Morgan fingerprint density at radius 1 is 0.720 bits per heavy atom. The van der Waals surface area contributed by atoms with Crippen molar-refractivity contribution in [2.45, 2.75) is 147 Å². The minimum absolute atomic E-state index is 0.00136. The Hall–Kier alpha value is -6.87. The molecular formula is C62H71N5O12S3. The van der Waals surface area contributed by atoms with E-state index in [4.69, 9.17) is 18.4 Å². The molecule has 434 valence electrons. The van der Waals surface area contributed by atoms with Gasteiger partial charge >= 0.3 is 0 Å². The number of benzene rings is 5. The molecule has 0 bridgehead atoms. The summed E-state index contributed by atoms with van der Waals surface area (Å²) >= 11 is 0. The number of amides is 5. The minimum Gasteiger partial charge on any atom is -0.493 e. The number of anilines is 3. The predicted molar refractivity (Wildman–Crippen MR) is 320 cm³/mol. The second kappa shape index (κ2) is 25.3. The number of nitrogens with one attached hydrogen (secondary N) is 3. The monoisotopic (exact) mass is 1170 g/mol. The van der Waals surface area contributed by atoms with Crippen LogP contribution < -0.4 is 40.0 Å². The third-order valence-electron chi connectivity index (χ3n) is 15.6. The van der Waals surface area contributed by atoms with Crippen molar-refractivity contribution in [1.82, 2.24) is 10.6 Å². The van der Waals surface area contributed by atoms with Crippen LogP contribution in [0.4, 0.5) is 17.1 Å². The number of methoxy groups -OCH3 is 1. The number of nitrogens with zero attached hydrogens (tertiary/aromatic N) is 2. The third kappa shape index (κ3) is 13.5. The fraction of sp³-hybridized carbons (Fsp3) is 0.419. The molecule has 82 heavy (non-hydrogen) atoms. The molecule has 1 unspecified atom stereocenters. The average molecular weight is 1170 g/mol. The van der Waals surface area contributed by atoms with Gasteiger partial charge in [-0.25, -0.2) is 0 Å². The molecule has 5 atom stereocenters. The number of carbonyl (C=O) groups is 6. The Labute approximate surface area is 487 Å². The summed E-state index contributed by atoms with van der Waals surface area (Å²) in [6.07, 6.45) is 4.65. The van der Waals surface area contributed by atoms with Gasteiger partial charge in [0.25, 0.3) is 21.9 Å². The molecule has 4 heterocycles. The summed E-state index contributed by atoms with van der Waals surface area (Å²) in [4.78, 5) is 83.8. The van der Waals surface area contributed by atoms with Gasteiger partial charge in [-0.1, -0.05) is 58.0 Å². The number of fused-ring (bicyclic) bond motifs is 8. The van der Waals surface area contributed by atoms with Gasteiger partial charge in [-0.15, -0.1) is 0 Å². The lowest BCUT2D eigenvalue weighted by atomic mass is 9.97. The summed E-state index contributed by atoms with van der Waals surface area (Å²) in [5, 5.41) is 7.35. The van der Waals surface area contributed by atoms with Crippen molar-refractivity contribution in [2.75, 3.05) is 35.1 Å². The smallest absolute Gasteiger partial charge is 0.272 e. The van der Waals surface area contributed by atoms with E-state index < -0.39 is 45.3 Å². The molecule has 4 aliphatic heterocycles. The van der Waals surface area contributed by atoms with Gasteiger partial charge in [-0.2, -0.15) is 8.42 Å². The molecule has 9 rings (SSSR count). The number of aryl methyl sites for hydroxylation is 2. The van der Waals surface area contributed by atoms with Crippen molar-refractivity contribution in [3.05, 3.63) is 141 Å². The zero-order valence-electron chi connectivity index (χ0n) is 47.6. The maximum atomic E-state index is 14.5. The first-order valence-corrected chi connectivity index (χ1v) is 31.5. The Morgan fingerprint density at radius 3 is 2.02 bits per heavy atom. The molecule has 3 N–H and O–H groups in total. The number of hydrogen-bond acceptors (Lipinski definition) is 14. The number of ketones is 1. The van der Waals surface area contributed by atoms with Gasteiger partial charge < -0.3 is 44.8 Å². The van der Waals surface area contributed by atoms with Crippen molar-refractivity contribution in [3.8, 4) is 17.2 Å². The van der Waals surface area contributed by atoms with Crippen LogP contribution in [0, 0.1) is 6.92 Å². The molecule has 0 fully saturated rings. The molecule has 0 saturated carbocycles. The minimum atomic E-state index is -4.12. The summed E-state index contributed by atoms with van der Waals surface area (Å²) in [7, 11) is 1.88. The van der Waals surface area contributed by atoms with E-state index >= 15 is 0 Å². The van der Waals surface area contributed by atoms with Crippen LogP contribution in [0.3, 0.4) is 0 Å². The van der Waals surface area contributed by atoms with E-state index in [9.17, 15) is 37.2 Å². The SMILES string of the molecule is COc1cc2c(cc1OCc1cc(COc3cc4c(cc3C)C(=O)N3c5ccccc5C[C@H]3C(S(=O)(=O)OC)C4)cc(NC(=O)[C@H](C)NC(=O)[C@H](C)NC(=O)CCC(C)(C)SSCCCC(C)=O)c1)CC[C@@H]1Cc3ccccc3N1C2=O. The highest BCUT2D eigenvalue weighted by atomic mass is 33.1. The molecule has 20 heteroatoms. The lowest BCUT2D eigenvalue weighted by Crippen LogP contribution is -2.50. The van der Waals surface area contributed by atoms with Crippen LogP contribution in [-0.4, -0.2) is 97.9 Å². The van der Waals surface area contributed by atoms with Crippen LogP contribution >= 0.6 is 21.6 Å². The first kappa shape index (κ1) is 59.7. The summed E-state index contributed by atoms with van der Waals surface area (Å²) in [6, 6.07) is 25.2. The number of hydrogen-bond donors (Lipinski definition) is 3. The van der Waals surface area contributed by atoms with Crippen molar-refractivity contribution >= 4 is 84.1 Å². The third-order valence-corrected chi connectivity index (χ3v) is 20.7. The molecule has 0 spiro atoms. The van der Waals surface area contributed by atoms with Crippen LogP contribution in [0.1, 0.15) is 126 Å². The molecule has 5 amide bonds. The van der Waals surface area contributed by atoms with Gasteiger partial charge in [-0.05, 0) is 180 Å². The van der Waals surface area contributed by atoms with Gasteiger partial charge in [0.05, 0.1) is 20.3 Å². The van der Waals surface area contributed by atoms with Gasteiger partial charge in [0, 0.05) is 57.6 Å². The highest BCUT2D eigenvalue weighted by molar-refractivity contribution is 8.77. The highest BCUT2D eigenvalue weighted by Gasteiger charge is 2.48. The number of Topliss-reactive ketones (excluding diaryl/α,β-unsaturated/α-hetero) is 1. The van der Waals surface area contributed by atoms with E-state index in [1.54, 1.807) is 77.6 Å². The summed E-state index contributed by atoms with van der Waals surface area (Å²) in [5.74, 6) is 0.432. The zero-order valence-corrected chi connectivity index (χ0v) is 50.0. The van der Waals surface area contributed by atoms with Crippen molar-refractivity contribution < 1.29 is 55.6 Å². The quantitative estimate of drug-likeness (QED) is 0.0316. The fourth-order valence-corrected chi connectivity index (χ4v) is 15.1. The number of ether oxygens (including phenoxy) is 3. The molecule has 0 aromatic heterocycles. The Kier molecular flexibility index (Phi) is 18.4. The fourth-order valence-electron chi connectivity index (χ4n) is 11.2. The van der Waals surface area contributed by atoms with E-state index in [0.29, 0.717) is 87.7 Å². The summed E-state index contributed by atoms with van der Waals surface area (Å²) in [6.45, 7) is 10.6. The van der Waals surface area contributed by atoms with Gasteiger partial charge in [0.15, 0.2) is 11.5 Å². The summed E-state index contributed by atoms with van der Waals surface area (Å²) in [5.41, 5.74) is 8.12. The number of para-hydroxylation sites is 2. The maximum Gasteiger partial charge on any atom is 0.272 e. The Bertz CT molecular complexity index is 3420. The first-order valence-electron chi connectivity index (χ1n) is 27.7. The van der Waals surface area contributed by atoms with E-state index in [0.717, 1.165) is 54.5 Å². The van der Waals surface area contributed by atoms with Crippen LogP contribution in [0.15, 0.2) is 91.0 Å². The Balaban J connectivity index is 0.923. The predicted octanol–water partition coefficient (Wildman–Crippen LogP) is 9.41. The molecule has 4 aliphatic rings. The van der Waals surface area contributed by atoms with Crippen LogP contribution in [0.25, 0.3) is 0 Å². The topological polar surface area (TPSA) is 216 Å². The number of carbonyl (C=O) groups excluding carboxylic acids is 6. The standard InChI is InChI=1S/C62H71N5O12S3/c1-36-24-48-45(32-56(82(74,75)77-8)52-29-44-16-10-12-18-51(44)67(52)61(48)73)31-53(36)78-34-40-25-41(35-79-55-30-42-19-20-47-28-43-15-9-11-17-50(43)66(47)60(72)49(42)33-54(55)76-7)27-46(26-40)65-59(71)39(4)64-58(70)38(3)63-57(69)21-22-62(5,6)81-80-23-13-14-37(2)68/h9-12,15-18,24-27,30-31,33,38-39,47,52,56H,13-14,19-23,28-29,32,34-35H2,1-8H3,(H,63,69)(H,64,70)(H,65,71)/t38-,39-,47+,52-,56?/m0/s1. The molecule has 0 aliphatic carbocycles. The molecule has 17 nitrogen and oxygen atoms in total. The lowest BCUT2D eigenvalue weighted by molar-refractivity contribution is -0.130. The normalized spacial score (nSPS) is 17.8. The van der Waals surface area contributed by atoms with E-state index in [2.05, 4.69) is 35.9 Å². The lowest BCUT2D eigenvalue weighted by Gasteiger charge is -2.28. The second-order valence-corrected chi connectivity index (χ2v) is 27.3. The first-order chi connectivity index (χ1) is 39.1. The average Bonchev–Trinajstić information content (AvgIpc) is 2.65. The van der Waals surface area contributed by atoms with Crippen molar-refractivity contribution in [3.63, 3.8) is 0 Å². The highest BCUT2D eigenvalue weighted by Crippen LogP contribution is 2.44. The number of rotatable bonds is 23. The van der Waals surface area contributed by atoms with Gasteiger partial charge in [0.2, 0.25) is 17.7 Å². The van der Waals surface area contributed by atoms with E-state index in [-0.39, 0.29) is 60.3 Å². The molecule has 0 radical (unpaired) electrons. The van der Waals surface area contributed by atoms with E-state index in [1.807, 2.05) is 66.4 Å². The molecule has 5 aromatic carbocycles. The zero-order chi connectivity index (χ0) is 58.6. The Morgan fingerprint density at radius 2 is 1.34 bits per heavy atom. The van der Waals surface area contributed by atoms with Crippen molar-refractivity contribution in [2.24, 2.45) is 0 Å². The molecule has 0 saturated heterocycles. The van der Waals surface area contributed by atoms with Crippen molar-refractivity contribution in [1.29, 1.82) is 0 Å². The maximum absolute atomic E-state index is 14.5. The van der Waals surface area contributed by atoms with Gasteiger partial charge in [0.1, 0.15) is 42.1 Å². The molecular weight excluding hydrogens is 1100 g/mol. The molecule has 5 aromatic rings. The largest absolute Gasteiger partial charge is 0.493 e. The van der Waals surface area contributed by atoms with E-state index in [1.165, 1.54) is 7.11 Å². The second-order valence-electron chi connectivity index (χ2n) is 22.2.